The van der Waals surface area contributed by atoms with Crippen LogP contribution in [0.2, 0.25) is 0 Å². The number of hydrogen-bond acceptors (Lipinski definition) is 3. The van der Waals surface area contributed by atoms with Crippen LogP contribution in [0.5, 0.6) is 0 Å². The van der Waals surface area contributed by atoms with Crippen LogP contribution >= 0.6 is 22.6 Å². The standard InChI is InChI=1S/C7H16N2O2.CH3I/c1-8(2)5-6-11-7(10)9(3)4;1-2/h5-6H2,1-4H3;1H3. The zero-order valence-corrected chi connectivity index (χ0v) is 11.2. The molecule has 0 fully saturated rings. The second-order valence-corrected chi connectivity index (χ2v) is 2.81. The van der Waals surface area contributed by atoms with Gasteiger partial charge in [0, 0.05) is 20.6 Å². The van der Waals surface area contributed by atoms with Crippen molar-refractivity contribution < 1.29 is 9.53 Å². The number of alkyl halides is 1. The molecule has 4 nitrogen and oxygen atoms in total. The highest BCUT2D eigenvalue weighted by Crippen LogP contribution is 1.85. The highest BCUT2D eigenvalue weighted by atomic mass is 127. The summed E-state index contributed by atoms with van der Waals surface area (Å²) >= 11 is 2.15. The second kappa shape index (κ2) is 10.0. The molecule has 0 aromatic rings. The van der Waals surface area contributed by atoms with Gasteiger partial charge in [-0.25, -0.2) is 4.79 Å². The fraction of sp³-hybridized carbons (Fsp3) is 0.875. The molecule has 0 aliphatic carbocycles. The van der Waals surface area contributed by atoms with E-state index in [9.17, 15) is 4.79 Å². The highest BCUT2D eigenvalue weighted by Gasteiger charge is 2.02. The van der Waals surface area contributed by atoms with Gasteiger partial charge in [0.2, 0.25) is 0 Å². The van der Waals surface area contributed by atoms with Gasteiger partial charge in [-0.1, -0.05) is 22.6 Å². The fourth-order valence-corrected chi connectivity index (χ4v) is 0.445. The summed E-state index contributed by atoms with van der Waals surface area (Å²) in [6.45, 7) is 1.21. The van der Waals surface area contributed by atoms with Crippen molar-refractivity contribution in [2.45, 2.75) is 0 Å². The molecule has 0 aromatic carbocycles. The Morgan fingerprint density at radius 2 is 1.69 bits per heavy atom. The third kappa shape index (κ3) is 12.0. The summed E-state index contributed by atoms with van der Waals surface area (Å²) in [5.74, 6) is 0. The van der Waals surface area contributed by atoms with E-state index in [0.717, 1.165) is 6.54 Å². The number of nitrogens with zero attached hydrogens (tertiary/aromatic N) is 2. The number of carbonyl (C=O) groups is 1. The lowest BCUT2D eigenvalue weighted by Gasteiger charge is -2.13. The summed E-state index contributed by atoms with van der Waals surface area (Å²) in [6, 6.07) is 0. The minimum atomic E-state index is -0.285. The highest BCUT2D eigenvalue weighted by molar-refractivity contribution is 14.1. The molecule has 0 aliphatic heterocycles. The molecule has 0 aliphatic rings. The molecule has 0 atom stereocenters. The Kier molecular flexibility index (Phi) is 11.9. The van der Waals surface area contributed by atoms with Crippen molar-refractivity contribution in [1.82, 2.24) is 9.80 Å². The van der Waals surface area contributed by atoms with Crippen molar-refractivity contribution in [1.29, 1.82) is 0 Å². The normalized spacial score (nSPS) is 8.85. The van der Waals surface area contributed by atoms with E-state index >= 15 is 0 Å². The van der Waals surface area contributed by atoms with Gasteiger partial charge in [-0.3, -0.25) is 0 Å². The Hall–Kier alpha value is -0.0400. The molecule has 0 N–H and O–H groups in total. The molecule has 0 heterocycles. The fourth-order valence-electron chi connectivity index (χ4n) is 0.445. The topological polar surface area (TPSA) is 32.8 Å². The average Bonchev–Trinajstić information content (AvgIpc) is 2.07. The van der Waals surface area contributed by atoms with Gasteiger partial charge in [-0.15, -0.1) is 0 Å². The van der Waals surface area contributed by atoms with E-state index < -0.39 is 0 Å². The molecule has 0 saturated heterocycles. The van der Waals surface area contributed by atoms with Crippen molar-refractivity contribution in [3.8, 4) is 0 Å². The molecule has 13 heavy (non-hydrogen) atoms. The van der Waals surface area contributed by atoms with Crippen LogP contribution in [-0.2, 0) is 4.74 Å². The number of rotatable bonds is 3. The van der Waals surface area contributed by atoms with E-state index in [2.05, 4.69) is 22.6 Å². The maximum Gasteiger partial charge on any atom is 0.409 e. The zero-order chi connectivity index (χ0) is 10.9. The largest absolute Gasteiger partial charge is 0.448 e. The Morgan fingerprint density at radius 1 is 1.23 bits per heavy atom. The lowest BCUT2D eigenvalue weighted by molar-refractivity contribution is 0.111. The smallest absolute Gasteiger partial charge is 0.409 e. The van der Waals surface area contributed by atoms with E-state index in [1.54, 1.807) is 14.1 Å². The van der Waals surface area contributed by atoms with Crippen molar-refractivity contribution in [3.63, 3.8) is 0 Å². The summed E-state index contributed by atoms with van der Waals surface area (Å²) < 4.78 is 4.86. The summed E-state index contributed by atoms with van der Waals surface area (Å²) in [4.78, 5) is 16.2. The van der Waals surface area contributed by atoms with Crippen molar-refractivity contribution in [2.75, 3.05) is 46.3 Å². The van der Waals surface area contributed by atoms with Gasteiger partial charge in [0.25, 0.3) is 0 Å². The Morgan fingerprint density at radius 3 is 2.00 bits per heavy atom. The first-order chi connectivity index (χ1) is 6.04. The van der Waals surface area contributed by atoms with Gasteiger partial charge in [0.15, 0.2) is 0 Å². The van der Waals surface area contributed by atoms with Crippen LogP contribution in [0, 0.1) is 0 Å². The van der Waals surface area contributed by atoms with Gasteiger partial charge < -0.3 is 14.5 Å². The predicted octanol–water partition coefficient (Wildman–Crippen LogP) is 1.30. The number of carbonyl (C=O) groups excluding carboxylic acids is 1. The molecule has 80 valence electrons. The first kappa shape index (κ1) is 15.4. The van der Waals surface area contributed by atoms with E-state index in [1.807, 2.05) is 23.9 Å². The van der Waals surface area contributed by atoms with Crippen molar-refractivity contribution in [3.05, 3.63) is 0 Å². The minimum Gasteiger partial charge on any atom is -0.448 e. The Labute approximate surface area is 94.4 Å². The van der Waals surface area contributed by atoms with E-state index in [-0.39, 0.29) is 6.09 Å². The first-order valence-corrected chi connectivity index (χ1v) is 6.06. The van der Waals surface area contributed by atoms with Crippen LogP contribution in [0.25, 0.3) is 0 Å². The predicted molar refractivity (Wildman–Crippen MR) is 63.5 cm³/mol. The van der Waals surface area contributed by atoms with Crippen LogP contribution in [0.1, 0.15) is 0 Å². The summed E-state index contributed by atoms with van der Waals surface area (Å²) in [5.41, 5.74) is 0. The van der Waals surface area contributed by atoms with Crippen molar-refractivity contribution >= 4 is 28.7 Å². The lowest BCUT2D eigenvalue weighted by atomic mass is 10.6. The number of amides is 1. The van der Waals surface area contributed by atoms with E-state index in [1.165, 1.54) is 4.90 Å². The maximum atomic E-state index is 10.8. The van der Waals surface area contributed by atoms with Gasteiger partial charge >= 0.3 is 6.09 Å². The molecule has 0 radical (unpaired) electrons. The molecule has 1 amide bonds. The van der Waals surface area contributed by atoms with Crippen LogP contribution in [0.3, 0.4) is 0 Å². The van der Waals surface area contributed by atoms with Crippen LogP contribution < -0.4 is 0 Å². The molecule has 0 rings (SSSR count). The lowest BCUT2D eigenvalue weighted by Crippen LogP contribution is -2.26. The number of ether oxygens (including phenoxy) is 1. The van der Waals surface area contributed by atoms with Crippen molar-refractivity contribution in [2.24, 2.45) is 0 Å². The van der Waals surface area contributed by atoms with Gasteiger partial charge in [0.05, 0.1) is 0 Å². The second-order valence-electron chi connectivity index (χ2n) is 2.81. The molecule has 0 saturated carbocycles. The Balaban J connectivity index is 0. The number of halogens is 1. The minimum absolute atomic E-state index is 0.285. The summed E-state index contributed by atoms with van der Waals surface area (Å²) in [6.07, 6.45) is -0.285. The van der Waals surface area contributed by atoms with Gasteiger partial charge in [-0.2, -0.15) is 0 Å². The first-order valence-electron chi connectivity index (χ1n) is 3.90. The number of hydrogen-bond donors (Lipinski definition) is 0. The maximum absolute atomic E-state index is 10.8. The molecule has 5 heteroatoms. The van der Waals surface area contributed by atoms with Gasteiger partial charge in [-0.05, 0) is 19.0 Å². The SMILES string of the molecule is CI.CN(C)CCOC(=O)N(C)C. The van der Waals surface area contributed by atoms with Crippen LogP contribution in [0.4, 0.5) is 4.79 Å². The van der Waals surface area contributed by atoms with Crippen LogP contribution in [0.15, 0.2) is 0 Å². The average molecular weight is 302 g/mol. The third-order valence-electron chi connectivity index (χ3n) is 1.13. The molecule has 0 unspecified atom stereocenters. The zero-order valence-electron chi connectivity index (χ0n) is 9.00. The van der Waals surface area contributed by atoms with E-state index in [0.29, 0.717) is 6.61 Å². The quantitative estimate of drug-likeness (QED) is 0.582. The number of likely N-dealkylation sites (N-methyl/N-ethyl adjacent to an activating group) is 1. The molecule has 0 aromatic heterocycles. The monoisotopic (exact) mass is 302 g/mol. The van der Waals surface area contributed by atoms with Gasteiger partial charge in [0.1, 0.15) is 6.61 Å². The molecular weight excluding hydrogens is 283 g/mol. The summed E-state index contributed by atoms with van der Waals surface area (Å²) in [7, 11) is 7.20. The van der Waals surface area contributed by atoms with E-state index in [4.69, 9.17) is 4.74 Å². The molecule has 0 bridgehead atoms. The van der Waals surface area contributed by atoms with Crippen LogP contribution in [-0.4, -0.2) is 62.2 Å². The Bertz CT molecular complexity index is 129. The summed E-state index contributed by atoms with van der Waals surface area (Å²) in [5, 5.41) is 0. The molecule has 0 spiro atoms. The third-order valence-corrected chi connectivity index (χ3v) is 1.13. The molecular formula is C8H19IN2O2.